The quantitative estimate of drug-likeness (QED) is 0.540. The maximum atomic E-state index is 13.2. The summed E-state index contributed by atoms with van der Waals surface area (Å²) in [6.45, 7) is 8.03. The second kappa shape index (κ2) is 6.05. The van der Waals surface area contributed by atoms with Gasteiger partial charge in [0.1, 0.15) is 0 Å². The summed E-state index contributed by atoms with van der Waals surface area (Å²) in [4.78, 5) is 41.0. The summed E-state index contributed by atoms with van der Waals surface area (Å²) in [5, 5.41) is 0. The highest BCUT2D eigenvalue weighted by molar-refractivity contribution is 6.34. The lowest BCUT2D eigenvalue weighted by atomic mass is 9.80. The molecule has 0 atom stereocenters. The first-order valence-corrected chi connectivity index (χ1v) is 9.31. The Balaban J connectivity index is 2.02. The molecule has 1 amide bonds. The number of amides is 1. The predicted molar refractivity (Wildman–Crippen MR) is 108 cm³/mol. The van der Waals surface area contributed by atoms with E-state index in [1.54, 1.807) is 29.2 Å². The minimum Gasteiger partial charge on any atom is -0.398 e. The van der Waals surface area contributed by atoms with Crippen molar-refractivity contribution in [2.75, 3.05) is 11.5 Å². The molecule has 2 aliphatic rings. The molecular weight excluding hydrogens is 354 g/mol. The number of nitrogens with zero attached hydrogens (tertiary/aromatic N) is 1. The third kappa shape index (κ3) is 2.05. The Morgan fingerprint density at radius 3 is 1.79 bits per heavy atom. The molecule has 142 valence electrons. The molecule has 0 saturated heterocycles. The number of carbonyl (C=O) groups is 3. The first-order valence-electron chi connectivity index (χ1n) is 9.31. The maximum Gasteiger partial charge on any atom is 0.261 e. The smallest absolute Gasteiger partial charge is 0.261 e. The number of hydrogen-bond acceptors (Lipinski definition) is 5. The third-order valence-corrected chi connectivity index (χ3v) is 5.77. The van der Waals surface area contributed by atoms with E-state index < -0.39 is 5.78 Å². The SMILES string of the molecule is C=C1c2c(N)c3c(c(N)c2C(=O)N1C(CC)CC)C(=O)c1ccccc1C3=O. The van der Waals surface area contributed by atoms with Gasteiger partial charge in [0.2, 0.25) is 0 Å². The molecule has 1 heterocycles. The molecule has 1 aliphatic heterocycles. The fourth-order valence-electron chi connectivity index (χ4n) is 4.33. The molecule has 0 bridgehead atoms. The van der Waals surface area contributed by atoms with Crippen LogP contribution in [0.25, 0.3) is 5.70 Å². The van der Waals surface area contributed by atoms with Crippen LogP contribution in [-0.2, 0) is 0 Å². The molecule has 0 unspecified atom stereocenters. The first kappa shape index (κ1) is 18.0. The fourth-order valence-corrected chi connectivity index (χ4v) is 4.33. The molecule has 6 nitrogen and oxygen atoms in total. The van der Waals surface area contributed by atoms with Gasteiger partial charge in [-0.3, -0.25) is 14.4 Å². The number of fused-ring (bicyclic) bond motifs is 3. The molecule has 0 radical (unpaired) electrons. The summed E-state index contributed by atoms with van der Waals surface area (Å²) in [6, 6.07) is 6.49. The van der Waals surface area contributed by atoms with Crippen LogP contribution < -0.4 is 11.5 Å². The lowest BCUT2D eigenvalue weighted by Crippen LogP contribution is -2.34. The van der Waals surface area contributed by atoms with Gasteiger partial charge in [-0.1, -0.05) is 44.7 Å². The first-order chi connectivity index (χ1) is 13.3. The second-order valence-electron chi connectivity index (χ2n) is 7.12. The zero-order valence-corrected chi connectivity index (χ0v) is 15.8. The molecule has 6 heteroatoms. The Hall–Kier alpha value is -3.41. The van der Waals surface area contributed by atoms with Crippen LogP contribution >= 0.6 is 0 Å². The third-order valence-electron chi connectivity index (χ3n) is 5.77. The summed E-state index contributed by atoms with van der Waals surface area (Å²) < 4.78 is 0. The summed E-state index contributed by atoms with van der Waals surface area (Å²) in [7, 11) is 0. The molecular formula is C22H21N3O3. The van der Waals surface area contributed by atoms with Gasteiger partial charge >= 0.3 is 0 Å². The maximum absolute atomic E-state index is 13.2. The van der Waals surface area contributed by atoms with E-state index in [-0.39, 0.29) is 56.9 Å². The highest BCUT2D eigenvalue weighted by atomic mass is 16.2. The zero-order valence-electron chi connectivity index (χ0n) is 15.8. The van der Waals surface area contributed by atoms with Gasteiger partial charge in [0, 0.05) is 28.4 Å². The molecule has 4 rings (SSSR count). The van der Waals surface area contributed by atoms with Crippen molar-refractivity contribution in [3.63, 3.8) is 0 Å². The van der Waals surface area contributed by atoms with Gasteiger partial charge in [-0.15, -0.1) is 0 Å². The van der Waals surface area contributed by atoms with E-state index in [2.05, 4.69) is 6.58 Å². The normalized spacial score (nSPS) is 15.2. The number of ketones is 2. The van der Waals surface area contributed by atoms with Crippen molar-refractivity contribution in [1.29, 1.82) is 0 Å². The number of anilines is 2. The Bertz CT molecular complexity index is 1020. The van der Waals surface area contributed by atoms with Gasteiger partial charge in [0.25, 0.3) is 5.91 Å². The van der Waals surface area contributed by atoms with E-state index in [1.165, 1.54) is 0 Å². The highest BCUT2D eigenvalue weighted by Gasteiger charge is 2.43. The van der Waals surface area contributed by atoms with Crippen LogP contribution in [0.5, 0.6) is 0 Å². The Kier molecular flexibility index (Phi) is 3.89. The number of nitrogen functional groups attached to an aromatic ring is 2. The lowest BCUT2D eigenvalue weighted by molar-refractivity contribution is 0.0798. The van der Waals surface area contributed by atoms with E-state index in [4.69, 9.17) is 11.5 Å². The summed E-state index contributed by atoms with van der Waals surface area (Å²) in [6.07, 6.45) is 1.47. The Morgan fingerprint density at radius 1 is 0.857 bits per heavy atom. The summed E-state index contributed by atoms with van der Waals surface area (Å²) in [5.74, 6) is -1.07. The molecule has 0 aromatic heterocycles. The van der Waals surface area contributed by atoms with Crippen molar-refractivity contribution in [1.82, 2.24) is 4.90 Å². The summed E-state index contributed by atoms with van der Waals surface area (Å²) >= 11 is 0. The van der Waals surface area contributed by atoms with E-state index in [1.807, 2.05) is 13.8 Å². The van der Waals surface area contributed by atoms with Gasteiger partial charge < -0.3 is 16.4 Å². The average Bonchev–Trinajstić information content (AvgIpc) is 2.95. The van der Waals surface area contributed by atoms with Crippen molar-refractivity contribution in [2.24, 2.45) is 0 Å². The molecule has 4 N–H and O–H groups in total. The molecule has 0 spiro atoms. The van der Waals surface area contributed by atoms with Gasteiger partial charge in [-0.25, -0.2) is 0 Å². The number of nitrogens with two attached hydrogens (primary N) is 2. The van der Waals surface area contributed by atoms with Gasteiger partial charge in [-0.05, 0) is 12.8 Å². The number of benzene rings is 2. The molecule has 0 saturated carbocycles. The second-order valence-corrected chi connectivity index (χ2v) is 7.12. The van der Waals surface area contributed by atoms with Gasteiger partial charge in [-0.2, -0.15) is 0 Å². The van der Waals surface area contributed by atoms with Crippen LogP contribution in [0, 0.1) is 0 Å². The Morgan fingerprint density at radius 2 is 1.32 bits per heavy atom. The lowest BCUT2D eigenvalue weighted by Gasteiger charge is -2.27. The molecule has 2 aromatic carbocycles. The van der Waals surface area contributed by atoms with Crippen LogP contribution in [0.1, 0.15) is 74.5 Å². The monoisotopic (exact) mass is 375 g/mol. The minimum absolute atomic E-state index is 0.00617. The van der Waals surface area contributed by atoms with Crippen molar-refractivity contribution in [3.8, 4) is 0 Å². The number of hydrogen-bond donors (Lipinski definition) is 2. The van der Waals surface area contributed by atoms with Crippen LogP contribution in [0.2, 0.25) is 0 Å². The zero-order chi connectivity index (χ0) is 20.3. The van der Waals surface area contributed by atoms with E-state index in [0.29, 0.717) is 11.3 Å². The van der Waals surface area contributed by atoms with E-state index in [9.17, 15) is 14.4 Å². The van der Waals surface area contributed by atoms with Crippen molar-refractivity contribution < 1.29 is 14.4 Å². The molecule has 0 fully saturated rings. The van der Waals surface area contributed by atoms with Crippen LogP contribution in [0.15, 0.2) is 30.8 Å². The van der Waals surface area contributed by atoms with Crippen LogP contribution in [-0.4, -0.2) is 28.4 Å². The fraction of sp³-hybridized carbons (Fsp3) is 0.227. The standard InChI is InChI=1S/C22H21N3O3/c1-4-11(5-2)25-10(3)14-17(22(25)28)19(24)16-15(18(14)23)20(26)12-8-6-7-9-13(12)21(16)27/h6-9,11H,3-5,23-24H2,1-2H3. The van der Waals surface area contributed by atoms with Crippen molar-refractivity contribution >= 4 is 34.5 Å². The molecule has 2 aromatic rings. The van der Waals surface area contributed by atoms with Crippen LogP contribution in [0.4, 0.5) is 11.4 Å². The van der Waals surface area contributed by atoms with E-state index >= 15 is 0 Å². The van der Waals surface area contributed by atoms with Crippen LogP contribution in [0.3, 0.4) is 0 Å². The predicted octanol–water partition coefficient (Wildman–Crippen LogP) is 3.24. The van der Waals surface area contributed by atoms with Gasteiger partial charge in [0.05, 0.1) is 28.1 Å². The van der Waals surface area contributed by atoms with Gasteiger partial charge in [0.15, 0.2) is 11.6 Å². The Labute approximate surface area is 162 Å². The van der Waals surface area contributed by atoms with E-state index in [0.717, 1.165) is 12.8 Å². The molecule has 1 aliphatic carbocycles. The number of carbonyl (C=O) groups excluding carboxylic acids is 3. The highest BCUT2D eigenvalue weighted by Crippen LogP contribution is 2.46. The average molecular weight is 375 g/mol. The minimum atomic E-state index is -0.392. The topological polar surface area (TPSA) is 106 Å². The molecule has 28 heavy (non-hydrogen) atoms. The van der Waals surface area contributed by atoms with Crippen molar-refractivity contribution in [3.05, 3.63) is 64.2 Å². The number of rotatable bonds is 3. The summed E-state index contributed by atoms with van der Waals surface area (Å²) in [5.41, 5.74) is 14.4. The van der Waals surface area contributed by atoms with Crippen molar-refractivity contribution in [2.45, 2.75) is 32.7 Å². The largest absolute Gasteiger partial charge is 0.398 e.